The van der Waals surface area contributed by atoms with Gasteiger partial charge in [-0.25, -0.2) is 9.97 Å². The molecule has 3 heterocycles. The highest BCUT2D eigenvalue weighted by Gasteiger charge is 2.34. The van der Waals surface area contributed by atoms with Gasteiger partial charge in [0.1, 0.15) is 5.69 Å². The Hall–Kier alpha value is -2.51. The van der Waals surface area contributed by atoms with Crippen molar-refractivity contribution in [2.45, 2.75) is 26.3 Å². The Morgan fingerprint density at radius 2 is 2.07 bits per heavy atom. The molecule has 0 saturated heterocycles. The van der Waals surface area contributed by atoms with E-state index in [1.807, 2.05) is 19.9 Å². The van der Waals surface area contributed by atoms with Crippen molar-refractivity contribution in [3.05, 3.63) is 63.2 Å². The quantitative estimate of drug-likeness (QED) is 0.655. The average Bonchev–Trinajstić information content (AvgIpc) is 3.09. The third kappa shape index (κ3) is 3.07. The summed E-state index contributed by atoms with van der Waals surface area (Å²) < 4.78 is 1.65. The number of hydrogen-bond donors (Lipinski definition) is 0. The van der Waals surface area contributed by atoms with Crippen molar-refractivity contribution in [1.29, 1.82) is 0 Å². The summed E-state index contributed by atoms with van der Waals surface area (Å²) in [7, 11) is 0. The van der Waals surface area contributed by atoms with Crippen molar-refractivity contribution in [2.24, 2.45) is 0 Å². The molecule has 2 aromatic heterocycles. The summed E-state index contributed by atoms with van der Waals surface area (Å²) in [6, 6.07) is 6.62. The molecule has 0 aliphatic carbocycles. The summed E-state index contributed by atoms with van der Waals surface area (Å²) in [6.07, 6.45) is 2.28. The van der Waals surface area contributed by atoms with E-state index in [9.17, 15) is 4.79 Å². The van der Waals surface area contributed by atoms with Gasteiger partial charge in [-0.15, -0.1) is 5.10 Å². The molecule has 7 nitrogen and oxygen atoms in total. The Morgan fingerprint density at radius 1 is 1.26 bits per heavy atom. The van der Waals surface area contributed by atoms with Crippen molar-refractivity contribution in [1.82, 2.24) is 29.9 Å². The molecule has 1 unspecified atom stereocenters. The lowest BCUT2D eigenvalue weighted by molar-refractivity contribution is 0.0672. The number of carbonyl (C=O) groups is 1. The molecular formula is C18H16Cl2N6O. The van der Waals surface area contributed by atoms with Crippen LogP contribution in [0.2, 0.25) is 10.0 Å². The van der Waals surface area contributed by atoms with Gasteiger partial charge >= 0.3 is 0 Å². The van der Waals surface area contributed by atoms with E-state index < -0.39 is 0 Å². The Labute approximate surface area is 165 Å². The minimum atomic E-state index is -0.255. The third-order valence-corrected chi connectivity index (χ3v) is 5.48. The molecule has 0 saturated carbocycles. The highest BCUT2D eigenvalue weighted by Crippen LogP contribution is 2.32. The molecule has 9 heteroatoms. The van der Waals surface area contributed by atoms with E-state index in [0.717, 1.165) is 17.1 Å². The van der Waals surface area contributed by atoms with Gasteiger partial charge in [-0.3, -0.25) is 4.79 Å². The normalized spacial score (nSPS) is 16.3. The number of carbonyl (C=O) groups excluding carboxylic acids is 1. The fraction of sp³-hybridized carbons (Fsp3) is 0.278. The van der Waals surface area contributed by atoms with Gasteiger partial charge in [-0.2, -0.15) is 4.68 Å². The SMILES string of the molecule is Cc1ccnc(-n2nnc3c2CCN(C(=O)c2cccc(Cl)c2Cl)C3C)n1. The van der Waals surface area contributed by atoms with Crippen LogP contribution in [-0.4, -0.2) is 42.3 Å². The third-order valence-electron chi connectivity index (χ3n) is 4.66. The summed E-state index contributed by atoms with van der Waals surface area (Å²) in [6.45, 7) is 4.33. The molecule has 3 aromatic rings. The first-order chi connectivity index (χ1) is 13.0. The molecular weight excluding hydrogens is 387 g/mol. The number of fused-ring (bicyclic) bond motifs is 1. The van der Waals surface area contributed by atoms with Crippen LogP contribution in [0, 0.1) is 6.92 Å². The van der Waals surface area contributed by atoms with Gasteiger partial charge in [0.05, 0.1) is 27.3 Å². The molecule has 0 fully saturated rings. The molecule has 1 aliphatic rings. The molecule has 4 rings (SSSR count). The smallest absolute Gasteiger partial charge is 0.255 e. The monoisotopic (exact) mass is 402 g/mol. The lowest BCUT2D eigenvalue weighted by atomic mass is 10.0. The van der Waals surface area contributed by atoms with E-state index in [0.29, 0.717) is 29.5 Å². The molecule has 0 radical (unpaired) electrons. The van der Waals surface area contributed by atoms with Gasteiger partial charge in [0.25, 0.3) is 11.9 Å². The second-order valence-corrected chi connectivity index (χ2v) is 7.14. The molecule has 138 valence electrons. The second kappa shape index (κ2) is 6.90. The van der Waals surface area contributed by atoms with Gasteiger partial charge in [0.2, 0.25) is 0 Å². The van der Waals surface area contributed by atoms with Crippen LogP contribution in [0.1, 0.15) is 40.4 Å². The van der Waals surface area contributed by atoms with Crippen LogP contribution >= 0.6 is 23.2 Å². The molecule has 0 bridgehead atoms. The molecule has 1 atom stereocenters. The van der Waals surface area contributed by atoms with Gasteiger partial charge in [0.15, 0.2) is 0 Å². The maximum absolute atomic E-state index is 13.0. The lowest BCUT2D eigenvalue weighted by Gasteiger charge is -2.32. The number of rotatable bonds is 2. The van der Waals surface area contributed by atoms with Crippen LogP contribution in [0.15, 0.2) is 30.5 Å². The van der Waals surface area contributed by atoms with Crippen LogP contribution < -0.4 is 0 Å². The first-order valence-electron chi connectivity index (χ1n) is 8.47. The van der Waals surface area contributed by atoms with E-state index in [1.54, 1.807) is 34.0 Å². The highest BCUT2D eigenvalue weighted by molar-refractivity contribution is 6.43. The number of aryl methyl sites for hydroxylation is 1. The Morgan fingerprint density at radius 3 is 2.85 bits per heavy atom. The maximum Gasteiger partial charge on any atom is 0.255 e. The van der Waals surface area contributed by atoms with Gasteiger partial charge in [-0.1, -0.05) is 34.5 Å². The topological polar surface area (TPSA) is 76.8 Å². The van der Waals surface area contributed by atoms with Crippen molar-refractivity contribution in [3.63, 3.8) is 0 Å². The van der Waals surface area contributed by atoms with E-state index in [1.165, 1.54) is 0 Å². The molecule has 1 amide bonds. The van der Waals surface area contributed by atoms with Gasteiger partial charge in [-0.05, 0) is 32.0 Å². The summed E-state index contributed by atoms with van der Waals surface area (Å²) in [4.78, 5) is 23.4. The van der Waals surface area contributed by atoms with Crippen molar-refractivity contribution in [3.8, 4) is 5.95 Å². The molecule has 1 aromatic carbocycles. The Bertz CT molecular complexity index is 1030. The van der Waals surface area contributed by atoms with E-state index in [-0.39, 0.29) is 17.0 Å². The molecule has 27 heavy (non-hydrogen) atoms. The lowest BCUT2D eigenvalue weighted by Crippen LogP contribution is -2.39. The van der Waals surface area contributed by atoms with Crippen LogP contribution in [0.3, 0.4) is 0 Å². The van der Waals surface area contributed by atoms with E-state index in [4.69, 9.17) is 23.2 Å². The van der Waals surface area contributed by atoms with Crippen molar-refractivity contribution in [2.75, 3.05) is 6.54 Å². The predicted molar refractivity (Wildman–Crippen MR) is 101 cm³/mol. The molecule has 0 spiro atoms. The maximum atomic E-state index is 13.0. The molecule has 0 N–H and O–H groups in total. The van der Waals surface area contributed by atoms with E-state index in [2.05, 4.69) is 20.3 Å². The first-order valence-corrected chi connectivity index (χ1v) is 9.22. The van der Waals surface area contributed by atoms with Gasteiger partial charge < -0.3 is 4.90 Å². The minimum Gasteiger partial charge on any atom is -0.330 e. The molecule has 1 aliphatic heterocycles. The summed E-state index contributed by atoms with van der Waals surface area (Å²) >= 11 is 12.3. The fourth-order valence-corrected chi connectivity index (χ4v) is 3.62. The number of hydrogen-bond acceptors (Lipinski definition) is 5. The minimum absolute atomic E-state index is 0.179. The standard InChI is InChI=1S/C18H16Cl2N6O/c1-10-6-8-21-18(22-10)26-14-7-9-25(11(2)16(14)23-24-26)17(27)12-4-3-5-13(19)15(12)20/h3-6,8,11H,7,9H2,1-2H3. The first kappa shape index (κ1) is 17.9. The Balaban J connectivity index is 1.67. The van der Waals surface area contributed by atoms with E-state index >= 15 is 0 Å². The predicted octanol–water partition coefficient (Wildman–Crippen LogP) is 3.43. The zero-order chi connectivity index (χ0) is 19.1. The van der Waals surface area contributed by atoms with Crippen LogP contribution in [0.25, 0.3) is 5.95 Å². The van der Waals surface area contributed by atoms with Crippen molar-refractivity contribution >= 4 is 29.1 Å². The summed E-state index contributed by atoms with van der Waals surface area (Å²) in [5, 5.41) is 9.12. The number of halogens is 2. The van der Waals surface area contributed by atoms with Crippen LogP contribution in [0.4, 0.5) is 0 Å². The highest BCUT2D eigenvalue weighted by atomic mass is 35.5. The number of aromatic nitrogens is 5. The summed E-state index contributed by atoms with van der Waals surface area (Å²) in [5.41, 5.74) is 2.88. The zero-order valence-corrected chi connectivity index (χ0v) is 16.2. The number of benzene rings is 1. The van der Waals surface area contributed by atoms with Crippen molar-refractivity contribution < 1.29 is 4.79 Å². The number of amides is 1. The zero-order valence-electron chi connectivity index (χ0n) is 14.7. The average molecular weight is 403 g/mol. The fourth-order valence-electron chi connectivity index (χ4n) is 3.24. The second-order valence-electron chi connectivity index (χ2n) is 6.36. The number of nitrogens with zero attached hydrogens (tertiary/aromatic N) is 6. The van der Waals surface area contributed by atoms with Crippen LogP contribution in [-0.2, 0) is 6.42 Å². The van der Waals surface area contributed by atoms with Crippen LogP contribution in [0.5, 0.6) is 0 Å². The Kier molecular flexibility index (Phi) is 4.57. The summed E-state index contributed by atoms with van der Waals surface area (Å²) in [5.74, 6) is 0.301. The van der Waals surface area contributed by atoms with Gasteiger partial charge in [0, 0.05) is 24.9 Å². The largest absolute Gasteiger partial charge is 0.330 e.